The maximum Gasteiger partial charge on any atom is 0.123 e. The topological polar surface area (TPSA) is 32.8 Å². The van der Waals surface area contributed by atoms with Crippen molar-refractivity contribution < 1.29 is 9.84 Å². The van der Waals surface area contributed by atoms with Gasteiger partial charge in [0.1, 0.15) is 5.75 Å². The van der Waals surface area contributed by atoms with Crippen molar-refractivity contribution in [2.45, 2.75) is 71.8 Å². The van der Waals surface area contributed by atoms with Gasteiger partial charge in [0.25, 0.3) is 0 Å². The smallest absolute Gasteiger partial charge is 0.123 e. The zero-order valence-electron chi connectivity index (χ0n) is 13.9. The number of epoxide rings is 1. The van der Waals surface area contributed by atoms with Crippen LogP contribution in [-0.4, -0.2) is 17.8 Å². The maximum atomic E-state index is 10.8. The monoisotopic (exact) mass is 276 g/mol. The molecule has 0 aliphatic carbocycles. The fourth-order valence-electron chi connectivity index (χ4n) is 2.96. The molecule has 112 valence electrons. The highest BCUT2D eigenvalue weighted by Crippen LogP contribution is 2.42. The van der Waals surface area contributed by atoms with Gasteiger partial charge in [-0.15, -0.1) is 0 Å². The summed E-state index contributed by atoms with van der Waals surface area (Å²) in [7, 11) is 0. The molecule has 0 amide bonds. The summed E-state index contributed by atoms with van der Waals surface area (Å²) < 4.78 is 5.39. The molecular weight excluding hydrogens is 248 g/mol. The zero-order chi connectivity index (χ0) is 15.3. The first-order valence-electron chi connectivity index (χ1n) is 7.50. The van der Waals surface area contributed by atoms with Crippen LogP contribution in [0.1, 0.15) is 63.8 Å². The van der Waals surface area contributed by atoms with Gasteiger partial charge in [-0.1, -0.05) is 47.6 Å². The molecule has 1 saturated heterocycles. The fourth-order valence-corrected chi connectivity index (χ4v) is 2.96. The normalized spacial score (nSPS) is 19.2. The highest BCUT2D eigenvalue weighted by molar-refractivity contribution is 5.54. The average molecular weight is 276 g/mol. The molecule has 1 aliphatic heterocycles. The lowest BCUT2D eigenvalue weighted by Gasteiger charge is -2.30. The van der Waals surface area contributed by atoms with E-state index in [0.29, 0.717) is 11.9 Å². The van der Waals surface area contributed by atoms with Gasteiger partial charge >= 0.3 is 0 Å². The number of ether oxygens (including phenoxy) is 1. The van der Waals surface area contributed by atoms with Gasteiger partial charge < -0.3 is 9.84 Å². The minimum atomic E-state index is -0.0609. The molecule has 2 rings (SSSR count). The van der Waals surface area contributed by atoms with Gasteiger partial charge in [-0.2, -0.15) is 0 Å². The van der Waals surface area contributed by atoms with Gasteiger partial charge in [0, 0.05) is 12.0 Å². The predicted octanol–water partition coefficient (Wildman–Crippen LogP) is 4.24. The first kappa shape index (κ1) is 15.4. The second-order valence-corrected chi connectivity index (χ2v) is 8.09. The summed E-state index contributed by atoms with van der Waals surface area (Å²) in [6.45, 7) is 16.0. The first-order chi connectivity index (χ1) is 9.01. The molecule has 1 aromatic carbocycles. The lowest BCUT2D eigenvalue weighted by Crippen LogP contribution is -2.20. The SMILES string of the molecule is Cc1c(CC2CO2)cc(C(C)(C)C)c(O)c1C(C)(C)C. The number of benzene rings is 1. The zero-order valence-corrected chi connectivity index (χ0v) is 13.9. The van der Waals surface area contributed by atoms with Gasteiger partial charge in [0.15, 0.2) is 0 Å². The van der Waals surface area contributed by atoms with Crippen molar-refractivity contribution in [1.82, 2.24) is 0 Å². The van der Waals surface area contributed by atoms with Crippen LogP contribution in [0.5, 0.6) is 5.75 Å². The third-order valence-corrected chi connectivity index (χ3v) is 4.08. The Morgan fingerprint density at radius 1 is 1.15 bits per heavy atom. The Bertz CT molecular complexity index is 512. The highest BCUT2D eigenvalue weighted by Gasteiger charge is 2.31. The molecule has 1 unspecified atom stereocenters. The van der Waals surface area contributed by atoms with E-state index in [0.717, 1.165) is 24.2 Å². The minimum Gasteiger partial charge on any atom is -0.507 e. The van der Waals surface area contributed by atoms with E-state index in [1.807, 2.05) is 0 Å². The summed E-state index contributed by atoms with van der Waals surface area (Å²) in [6.07, 6.45) is 1.33. The minimum absolute atomic E-state index is 0.0586. The van der Waals surface area contributed by atoms with Crippen molar-refractivity contribution in [2.24, 2.45) is 0 Å². The summed E-state index contributed by atoms with van der Waals surface area (Å²) in [6, 6.07) is 2.18. The Morgan fingerprint density at radius 2 is 1.70 bits per heavy atom. The second-order valence-electron chi connectivity index (χ2n) is 8.09. The van der Waals surface area contributed by atoms with Crippen LogP contribution in [0, 0.1) is 6.92 Å². The van der Waals surface area contributed by atoms with Crippen molar-refractivity contribution in [3.05, 3.63) is 28.3 Å². The first-order valence-corrected chi connectivity index (χ1v) is 7.50. The molecule has 2 nitrogen and oxygen atoms in total. The average Bonchev–Trinajstić information content (AvgIpc) is 3.02. The Labute approximate surface area is 123 Å². The van der Waals surface area contributed by atoms with E-state index in [-0.39, 0.29) is 10.8 Å². The van der Waals surface area contributed by atoms with Crippen molar-refractivity contribution in [3.8, 4) is 5.75 Å². The second kappa shape index (κ2) is 4.77. The van der Waals surface area contributed by atoms with E-state index in [2.05, 4.69) is 54.5 Å². The van der Waals surface area contributed by atoms with E-state index < -0.39 is 0 Å². The van der Waals surface area contributed by atoms with Gasteiger partial charge in [-0.05, 0) is 34.4 Å². The Kier molecular flexibility index (Phi) is 3.66. The summed E-state index contributed by atoms with van der Waals surface area (Å²) in [5, 5.41) is 10.8. The third-order valence-electron chi connectivity index (χ3n) is 4.08. The summed E-state index contributed by atoms with van der Waals surface area (Å²) in [4.78, 5) is 0. The van der Waals surface area contributed by atoms with Crippen LogP contribution in [0.15, 0.2) is 6.07 Å². The molecule has 1 heterocycles. The molecule has 0 aromatic heterocycles. The molecule has 0 spiro atoms. The lowest BCUT2D eigenvalue weighted by atomic mass is 9.75. The molecule has 2 heteroatoms. The molecule has 1 aliphatic rings. The third kappa shape index (κ3) is 3.01. The van der Waals surface area contributed by atoms with Crippen LogP contribution < -0.4 is 0 Å². The lowest BCUT2D eigenvalue weighted by molar-refractivity contribution is 0.404. The number of hydrogen-bond donors (Lipinski definition) is 1. The van der Waals surface area contributed by atoms with Gasteiger partial charge in [-0.25, -0.2) is 0 Å². The van der Waals surface area contributed by atoms with E-state index in [1.165, 1.54) is 11.1 Å². The molecule has 1 fully saturated rings. The van der Waals surface area contributed by atoms with Crippen molar-refractivity contribution in [3.63, 3.8) is 0 Å². The summed E-state index contributed by atoms with van der Waals surface area (Å²) in [5.41, 5.74) is 4.55. The molecule has 20 heavy (non-hydrogen) atoms. The van der Waals surface area contributed by atoms with Crippen LogP contribution in [0.3, 0.4) is 0 Å². The van der Waals surface area contributed by atoms with Gasteiger partial charge in [0.05, 0.1) is 12.7 Å². The van der Waals surface area contributed by atoms with Crippen LogP contribution in [0.25, 0.3) is 0 Å². The molecule has 0 bridgehead atoms. The van der Waals surface area contributed by atoms with Crippen molar-refractivity contribution in [1.29, 1.82) is 0 Å². The molecule has 1 aromatic rings. The number of hydrogen-bond acceptors (Lipinski definition) is 2. The molecular formula is C18H28O2. The molecule has 0 radical (unpaired) electrons. The Morgan fingerprint density at radius 3 is 2.10 bits per heavy atom. The quantitative estimate of drug-likeness (QED) is 0.820. The largest absolute Gasteiger partial charge is 0.507 e. The highest BCUT2D eigenvalue weighted by atomic mass is 16.6. The van der Waals surface area contributed by atoms with Crippen LogP contribution >= 0.6 is 0 Å². The van der Waals surface area contributed by atoms with Crippen LogP contribution in [0.2, 0.25) is 0 Å². The number of aromatic hydroxyl groups is 1. The fraction of sp³-hybridized carbons (Fsp3) is 0.667. The molecule has 0 saturated carbocycles. The van der Waals surface area contributed by atoms with E-state index in [4.69, 9.17) is 4.74 Å². The summed E-state index contributed by atoms with van der Waals surface area (Å²) >= 11 is 0. The Hall–Kier alpha value is -1.02. The van der Waals surface area contributed by atoms with E-state index >= 15 is 0 Å². The van der Waals surface area contributed by atoms with Gasteiger partial charge in [0.2, 0.25) is 0 Å². The van der Waals surface area contributed by atoms with Crippen LogP contribution in [-0.2, 0) is 22.0 Å². The van der Waals surface area contributed by atoms with E-state index in [9.17, 15) is 5.11 Å². The molecule has 1 atom stereocenters. The maximum absolute atomic E-state index is 10.8. The number of rotatable bonds is 2. The number of phenolic OH excluding ortho intramolecular Hbond substituents is 1. The summed E-state index contributed by atoms with van der Waals surface area (Å²) in [5.74, 6) is 0.475. The molecule has 1 N–H and O–H groups in total. The van der Waals surface area contributed by atoms with Crippen molar-refractivity contribution >= 4 is 0 Å². The predicted molar refractivity (Wildman–Crippen MR) is 83.7 cm³/mol. The van der Waals surface area contributed by atoms with E-state index in [1.54, 1.807) is 0 Å². The van der Waals surface area contributed by atoms with Crippen LogP contribution in [0.4, 0.5) is 0 Å². The Balaban J connectivity index is 2.64. The van der Waals surface area contributed by atoms with Crippen molar-refractivity contribution in [2.75, 3.05) is 6.61 Å². The standard InChI is InChI=1S/C18H28O2/c1-11-12(8-13-10-20-13)9-14(17(2,3)4)16(19)15(11)18(5,6)7/h9,13,19H,8,10H2,1-7H3. The van der Waals surface area contributed by atoms with Gasteiger partial charge in [-0.3, -0.25) is 0 Å². The number of phenols is 1.